The molecular formula is C13H10Cl2INO. The molecule has 0 bridgehead atoms. The molecule has 5 heteroatoms. The van der Waals surface area contributed by atoms with Crippen LogP contribution in [0, 0.1) is 3.57 Å². The molecule has 2 rings (SSSR count). The maximum atomic E-state index is 9.32. The molecule has 0 amide bonds. The van der Waals surface area contributed by atoms with Gasteiger partial charge < -0.3 is 10.4 Å². The summed E-state index contributed by atoms with van der Waals surface area (Å²) < 4.78 is 1.07. The predicted octanol–water partition coefficient (Wildman–Crippen LogP) is 4.83. The highest BCUT2D eigenvalue weighted by atomic mass is 127. The third kappa shape index (κ3) is 3.09. The first-order valence-electron chi connectivity index (χ1n) is 5.22. The van der Waals surface area contributed by atoms with Gasteiger partial charge in [0.05, 0.1) is 22.3 Å². The van der Waals surface area contributed by atoms with E-state index >= 15 is 0 Å². The molecule has 0 fully saturated rings. The topological polar surface area (TPSA) is 32.3 Å². The van der Waals surface area contributed by atoms with E-state index in [2.05, 4.69) is 27.9 Å². The Kier molecular flexibility index (Phi) is 4.72. The van der Waals surface area contributed by atoms with Crippen LogP contribution in [0.2, 0.25) is 10.0 Å². The summed E-state index contributed by atoms with van der Waals surface area (Å²) in [6, 6.07) is 11.1. The average molecular weight is 394 g/mol. The zero-order valence-electron chi connectivity index (χ0n) is 9.25. The fourth-order valence-electron chi connectivity index (χ4n) is 1.55. The second-order valence-corrected chi connectivity index (χ2v) is 5.74. The van der Waals surface area contributed by atoms with Gasteiger partial charge in [0.1, 0.15) is 0 Å². The monoisotopic (exact) mass is 393 g/mol. The second-order valence-electron chi connectivity index (χ2n) is 3.68. The first-order chi connectivity index (χ1) is 8.61. The summed E-state index contributed by atoms with van der Waals surface area (Å²) in [5, 5.41) is 13.6. The lowest BCUT2D eigenvalue weighted by Crippen LogP contribution is -1.98. The van der Waals surface area contributed by atoms with Crippen LogP contribution in [0.1, 0.15) is 5.56 Å². The van der Waals surface area contributed by atoms with E-state index < -0.39 is 0 Å². The molecule has 18 heavy (non-hydrogen) atoms. The Morgan fingerprint density at radius 2 is 1.78 bits per heavy atom. The van der Waals surface area contributed by atoms with Gasteiger partial charge in [-0.2, -0.15) is 0 Å². The average Bonchev–Trinajstić information content (AvgIpc) is 2.34. The van der Waals surface area contributed by atoms with E-state index in [1.807, 2.05) is 18.2 Å². The Labute approximate surface area is 129 Å². The molecule has 0 aromatic heterocycles. The van der Waals surface area contributed by atoms with Crippen LogP contribution in [0.15, 0.2) is 36.4 Å². The quantitative estimate of drug-likeness (QED) is 0.731. The van der Waals surface area contributed by atoms with Crippen LogP contribution in [0.25, 0.3) is 0 Å². The zero-order valence-corrected chi connectivity index (χ0v) is 12.9. The molecule has 0 heterocycles. The number of hydrogen-bond acceptors (Lipinski definition) is 2. The van der Waals surface area contributed by atoms with Crippen LogP contribution in [0.4, 0.5) is 11.4 Å². The van der Waals surface area contributed by atoms with Gasteiger partial charge in [-0.05, 0) is 46.9 Å². The third-order valence-corrected chi connectivity index (χ3v) is 3.77. The van der Waals surface area contributed by atoms with Crippen molar-refractivity contribution in [3.05, 3.63) is 55.6 Å². The van der Waals surface area contributed by atoms with Crippen LogP contribution in [-0.4, -0.2) is 5.11 Å². The zero-order chi connectivity index (χ0) is 13.1. The van der Waals surface area contributed by atoms with E-state index in [0.717, 1.165) is 14.8 Å². The Balaban J connectivity index is 2.42. The molecule has 0 unspecified atom stereocenters. The number of aliphatic hydroxyl groups excluding tert-OH is 1. The number of benzene rings is 2. The molecule has 2 aromatic carbocycles. The van der Waals surface area contributed by atoms with E-state index in [1.54, 1.807) is 18.2 Å². The number of rotatable bonds is 3. The second kappa shape index (κ2) is 6.10. The molecule has 0 aliphatic carbocycles. The number of anilines is 2. The maximum absolute atomic E-state index is 9.32. The lowest BCUT2D eigenvalue weighted by atomic mass is 10.2. The van der Waals surface area contributed by atoms with Crippen molar-refractivity contribution < 1.29 is 5.11 Å². The SMILES string of the molecule is OCc1ccc(I)cc1Nc1c(Cl)cccc1Cl. The summed E-state index contributed by atoms with van der Waals surface area (Å²) in [4.78, 5) is 0. The highest BCUT2D eigenvalue weighted by Crippen LogP contribution is 2.34. The number of halogens is 3. The smallest absolute Gasteiger partial charge is 0.0763 e. The number of nitrogens with one attached hydrogen (secondary N) is 1. The first kappa shape index (κ1) is 13.9. The summed E-state index contributed by atoms with van der Waals surface area (Å²) in [7, 11) is 0. The lowest BCUT2D eigenvalue weighted by molar-refractivity contribution is 0.282. The van der Waals surface area contributed by atoms with Crippen molar-refractivity contribution in [3.8, 4) is 0 Å². The van der Waals surface area contributed by atoms with E-state index in [1.165, 1.54) is 0 Å². The minimum Gasteiger partial charge on any atom is -0.392 e. The summed E-state index contributed by atoms with van der Waals surface area (Å²) in [5.74, 6) is 0. The summed E-state index contributed by atoms with van der Waals surface area (Å²) in [5.41, 5.74) is 2.25. The van der Waals surface area contributed by atoms with Crippen LogP contribution in [-0.2, 0) is 6.61 Å². The summed E-state index contributed by atoms with van der Waals surface area (Å²) in [6.07, 6.45) is 0. The molecule has 2 aromatic rings. The third-order valence-electron chi connectivity index (χ3n) is 2.46. The minimum atomic E-state index is -0.0404. The van der Waals surface area contributed by atoms with Gasteiger partial charge in [0, 0.05) is 14.8 Å². The Morgan fingerprint density at radius 3 is 2.39 bits per heavy atom. The van der Waals surface area contributed by atoms with Gasteiger partial charge in [-0.25, -0.2) is 0 Å². The van der Waals surface area contributed by atoms with E-state index in [9.17, 15) is 5.11 Å². The van der Waals surface area contributed by atoms with Crippen molar-refractivity contribution in [2.45, 2.75) is 6.61 Å². The van der Waals surface area contributed by atoms with Crippen molar-refractivity contribution in [2.24, 2.45) is 0 Å². The number of aliphatic hydroxyl groups is 1. The van der Waals surface area contributed by atoms with Crippen LogP contribution >= 0.6 is 45.8 Å². The molecular weight excluding hydrogens is 384 g/mol. The highest BCUT2D eigenvalue weighted by molar-refractivity contribution is 14.1. The lowest BCUT2D eigenvalue weighted by Gasteiger charge is -2.13. The van der Waals surface area contributed by atoms with Gasteiger partial charge in [0.15, 0.2) is 0 Å². The van der Waals surface area contributed by atoms with Crippen molar-refractivity contribution in [2.75, 3.05) is 5.32 Å². The number of para-hydroxylation sites is 1. The van der Waals surface area contributed by atoms with E-state index in [4.69, 9.17) is 23.2 Å². The van der Waals surface area contributed by atoms with E-state index in [0.29, 0.717) is 15.7 Å². The molecule has 94 valence electrons. The predicted molar refractivity (Wildman–Crippen MR) is 84.8 cm³/mol. The van der Waals surface area contributed by atoms with Crippen LogP contribution < -0.4 is 5.32 Å². The van der Waals surface area contributed by atoms with Gasteiger partial charge in [-0.15, -0.1) is 0 Å². The summed E-state index contributed by atoms with van der Waals surface area (Å²) >= 11 is 14.4. The van der Waals surface area contributed by atoms with Crippen molar-refractivity contribution in [1.29, 1.82) is 0 Å². The fourth-order valence-corrected chi connectivity index (χ4v) is 2.54. The largest absolute Gasteiger partial charge is 0.392 e. The van der Waals surface area contributed by atoms with Crippen molar-refractivity contribution in [3.63, 3.8) is 0 Å². The van der Waals surface area contributed by atoms with Crippen molar-refractivity contribution >= 4 is 57.2 Å². The molecule has 0 atom stereocenters. The van der Waals surface area contributed by atoms with Gasteiger partial charge in [0.2, 0.25) is 0 Å². The number of hydrogen-bond donors (Lipinski definition) is 2. The molecule has 0 saturated carbocycles. The molecule has 0 spiro atoms. The molecule has 2 N–H and O–H groups in total. The molecule has 0 radical (unpaired) electrons. The first-order valence-corrected chi connectivity index (χ1v) is 7.05. The molecule has 0 aliphatic rings. The van der Waals surface area contributed by atoms with Crippen LogP contribution in [0.3, 0.4) is 0 Å². The standard InChI is InChI=1S/C13H10Cl2INO/c14-10-2-1-3-11(15)13(10)17-12-6-9(16)5-4-8(12)7-18/h1-6,17-18H,7H2. The Morgan fingerprint density at radius 1 is 1.11 bits per heavy atom. The van der Waals surface area contributed by atoms with E-state index in [-0.39, 0.29) is 6.61 Å². The fraction of sp³-hybridized carbons (Fsp3) is 0.0769. The van der Waals surface area contributed by atoms with Crippen molar-refractivity contribution in [1.82, 2.24) is 0 Å². The maximum Gasteiger partial charge on any atom is 0.0763 e. The van der Waals surface area contributed by atoms with Gasteiger partial charge in [-0.1, -0.05) is 35.3 Å². The van der Waals surface area contributed by atoms with Gasteiger partial charge in [-0.3, -0.25) is 0 Å². The van der Waals surface area contributed by atoms with Gasteiger partial charge in [0.25, 0.3) is 0 Å². The Hall–Kier alpha value is -0.490. The van der Waals surface area contributed by atoms with Gasteiger partial charge >= 0.3 is 0 Å². The molecule has 2 nitrogen and oxygen atoms in total. The normalized spacial score (nSPS) is 10.4. The molecule has 0 aliphatic heterocycles. The molecule has 0 saturated heterocycles. The minimum absolute atomic E-state index is 0.0404. The Bertz CT molecular complexity index is 555. The van der Waals surface area contributed by atoms with Crippen LogP contribution in [0.5, 0.6) is 0 Å². The highest BCUT2D eigenvalue weighted by Gasteiger charge is 2.08. The summed E-state index contributed by atoms with van der Waals surface area (Å²) in [6.45, 7) is -0.0404.